The number of carbonyl (C=O) groups excluding carboxylic acids is 3. The van der Waals surface area contributed by atoms with E-state index in [1.54, 1.807) is 24.3 Å². The molecule has 1 N–H and O–H groups in total. The molecule has 0 saturated heterocycles. The quantitative estimate of drug-likeness (QED) is 0.429. The van der Waals surface area contributed by atoms with Crippen LogP contribution in [0.15, 0.2) is 24.3 Å². The van der Waals surface area contributed by atoms with Crippen LogP contribution in [-0.2, 0) is 9.53 Å². The number of imide groups is 1. The van der Waals surface area contributed by atoms with Crippen molar-refractivity contribution in [2.45, 2.75) is 96.9 Å². The Kier molecular flexibility index (Phi) is 6.73. The third-order valence-electron chi connectivity index (χ3n) is 12.6. The lowest BCUT2D eigenvalue weighted by molar-refractivity contribution is -0.202. The average molecular weight is 551 g/mol. The maximum Gasteiger partial charge on any atom is 0.302 e. The van der Waals surface area contributed by atoms with E-state index < -0.39 is 36.0 Å². The molecule has 7 heteroatoms. The molecule has 4 saturated carbocycles. The van der Waals surface area contributed by atoms with Crippen LogP contribution in [0.25, 0.3) is 0 Å². The predicted molar refractivity (Wildman–Crippen MR) is 151 cm³/mol. The van der Waals surface area contributed by atoms with Gasteiger partial charge in [0.15, 0.2) is 0 Å². The zero-order chi connectivity index (χ0) is 28.7. The molecule has 4 fully saturated rings. The number of amides is 2. The fourth-order valence-electron chi connectivity index (χ4n) is 10.7. The fraction of sp³-hybridized carbons (Fsp3) is 0.727. The first-order chi connectivity index (χ1) is 18.9. The third kappa shape index (κ3) is 3.86. The van der Waals surface area contributed by atoms with Crippen LogP contribution in [0.2, 0.25) is 0 Å². The van der Waals surface area contributed by atoms with Crippen molar-refractivity contribution in [3.05, 3.63) is 35.4 Å². The normalized spacial score (nSPS) is 43.1. The second-order valence-corrected chi connectivity index (χ2v) is 14.4. The molecular formula is C33H46N2O5. The maximum absolute atomic E-state index is 13.5. The summed E-state index contributed by atoms with van der Waals surface area (Å²) >= 11 is 0. The number of esters is 1. The third-order valence-corrected chi connectivity index (χ3v) is 12.6. The van der Waals surface area contributed by atoms with Crippen LogP contribution in [0.3, 0.4) is 0 Å². The van der Waals surface area contributed by atoms with Crippen LogP contribution < -0.4 is 0 Å². The minimum absolute atomic E-state index is 0.0161. The van der Waals surface area contributed by atoms with Gasteiger partial charge in [0, 0.05) is 18.9 Å². The lowest BCUT2D eigenvalue weighted by atomic mass is 9.43. The smallest absolute Gasteiger partial charge is 0.302 e. The van der Waals surface area contributed by atoms with Crippen molar-refractivity contribution in [2.24, 2.45) is 40.4 Å². The second kappa shape index (κ2) is 9.65. The number of aliphatic hydroxyl groups is 1. The molecule has 0 bridgehead atoms. The summed E-state index contributed by atoms with van der Waals surface area (Å²) in [4.78, 5) is 43.0. The summed E-state index contributed by atoms with van der Waals surface area (Å²) in [7, 11) is 4.39. The number of rotatable bonds is 4. The number of hydrogen-bond acceptors (Lipinski definition) is 6. The van der Waals surface area contributed by atoms with E-state index in [2.05, 4.69) is 39.8 Å². The van der Waals surface area contributed by atoms with Gasteiger partial charge in [0.25, 0.3) is 11.8 Å². The van der Waals surface area contributed by atoms with Crippen molar-refractivity contribution in [2.75, 3.05) is 14.1 Å². The SMILES string of the molecule is CC(=O)O[C@@H]1C2CC[C@H]3[C@@H]4CC[C@H]([C@H](C)N(C)C)[C@@]4(C)CC[C@@H]3[C@@]2(C)C[C@@H](O)[C@@H]1N1C(=O)c2ccccc2C1=O. The van der Waals surface area contributed by atoms with Crippen molar-refractivity contribution in [3.8, 4) is 0 Å². The van der Waals surface area contributed by atoms with Crippen molar-refractivity contribution in [1.82, 2.24) is 9.80 Å². The summed E-state index contributed by atoms with van der Waals surface area (Å²) in [6, 6.07) is 6.48. The summed E-state index contributed by atoms with van der Waals surface area (Å²) in [6.07, 6.45) is 5.60. The first kappa shape index (κ1) is 27.9. The fourth-order valence-corrected chi connectivity index (χ4v) is 10.7. The van der Waals surface area contributed by atoms with Gasteiger partial charge in [-0.05, 0) is 113 Å². The van der Waals surface area contributed by atoms with Gasteiger partial charge in [-0.25, -0.2) is 0 Å². The van der Waals surface area contributed by atoms with Crippen LogP contribution in [0.4, 0.5) is 0 Å². The summed E-state index contributed by atoms with van der Waals surface area (Å²) in [5, 5.41) is 11.8. The highest BCUT2D eigenvalue weighted by molar-refractivity contribution is 6.21. The van der Waals surface area contributed by atoms with Gasteiger partial charge in [0.1, 0.15) is 12.1 Å². The van der Waals surface area contributed by atoms with Crippen LogP contribution in [0.5, 0.6) is 0 Å². The predicted octanol–water partition coefficient (Wildman–Crippen LogP) is 4.77. The van der Waals surface area contributed by atoms with Gasteiger partial charge in [-0.3, -0.25) is 19.3 Å². The number of benzene rings is 1. The average Bonchev–Trinajstić information content (AvgIpc) is 3.37. The lowest BCUT2D eigenvalue weighted by Gasteiger charge is -2.63. The molecule has 1 heterocycles. The molecule has 5 aliphatic rings. The van der Waals surface area contributed by atoms with E-state index in [4.69, 9.17) is 4.74 Å². The van der Waals surface area contributed by atoms with Gasteiger partial charge in [-0.1, -0.05) is 26.0 Å². The zero-order valence-corrected chi connectivity index (χ0v) is 24.9. The van der Waals surface area contributed by atoms with Crippen LogP contribution >= 0.6 is 0 Å². The van der Waals surface area contributed by atoms with E-state index in [1.807, 2.05) is 0 Å². The molecule has 0 radical (unpaired) electrons. The summed E-state index contributed by atoms with van der Waals surface area (Å²) in [5.41, 5.74) is 0.795. The van der Waals surface area contributed by atoms with Crippen molar-refractivity contribution in [3.63, 3.8) is 0 Å². The lowest BCUT2D eigenvalue weighted by Crippen LogP contribution is -2.67. The van der Waals surface area contributed by atoms with Crippen LogP contribution in [0.1, 0.15) is 93.4 Å². The van der Waals surface area contributed by atoms with Gasteiger partial charge >= 0.3 is 5.97 Å². The zero-order valence-electron chi connectivity index (χ0n) is 24.9. The summed E-state index contributed by atoms with van der Waals surface area (Å²) in [6.45, 7) is 8.60. The monoisotopic (exact) mass is 550 g/mol. The molecule has 2 amide bonds. The highest BCUT2D eigenvalue weighted by Crippen LogP contribution is 2.68. The molecule has 0 aromatic heterocycles. The molecular weight excluding hydrogens is 504 g/mol. The Morgan fingerprint density at radius 3 is 2.17 bits per heavy atom. The van der Waals surface area contributed by atoms with Crippen molar-refractivity contribution in [1.29, 1.82) is 0 Å². The molecule has 4 aliphatic carbocycles. The Morgan fingerprint density at radius 1 is 0.975 bits per heavy atom. The number of ether oxygens (including phenoxy) is 1. The Hall–Kier alpha value is -2.25. The molecule has 1 aliphatic heterocycles. The van der Waals surface area contributed by atoms with Gasteiger partial charge in [-0.15, -0.1) is 0 Å². The summed E-state index contributed by atoms with van der Waals surface area (Å²) < 4.78 is 6.03. The number of carbonyl (C=O) groups is 3. The minimum atomic E-state index is -0.954. The highest BCUT2D eigenvalue weighted by atomic mass is 16.5. The van der Waals surface area contributed by atoms with E-state index in [1.165, 1.54) is 31.1 Å². The topological polar surface area (TPSA) is 87.2 Å². The van der Waals surface area contributed by atoms with Gasteiger partial charge in [-0.2, -0.15) is 0 Å². The van der Waals surface area contributed by atoms with Gasteiger partial charge < -0.3 is 14.7 Å². The second-order valence-electron chi connectivity index (χ2n) is 14.4. The Morgan fingerprint density at radius 2 is 1.57 bits per heavy atom. The maximum atomic E-state index is 13.5. The van der Waals surface area contributed by atoms with E-state index >= 15 is 0 Å². The molecule has 1 aromatic rings. The van der Waals surface area contributed by atoms with Crippen molar-refractivity contribution >= 4 is 17.8 Å². The molecule has 7 nitrogen and oxygen atoms in total. The van der Waals surface area contributed by atoms with E-state index in [9.17, 15) is 19.5 Å². The van der Waals surface area contributed by atoms with Crippen molar-refractivity contribution < 1.29 is 24.2 Å². The van der Waals surface area contributed by atoms with E-state index in [0.717, 1.165) is 19.3 Å². The number of hydrogen-bond donors (Lipinski definition) is 1. The molecule has 218 valence electrons. The minimum Gasteiger partial charge on any atom is -0.460 e. The number of aliphatic hydroxyl groups excluding tert-OH is 1. The van der Waals surface area contributed by atoms with E-state index in [0.29, 0.717) is 52.7 Å². The van der Waals surface area contributed by atoms with E-state index in [-0.39, 0.29) is 11.3 Å². The first-order valence-electron chi connectivity index (χ1n) is 15.4. The number of fused-ring (bicyclic) bond motifs is 6. The highest BCUT2D eigenvalue weighted by Gasteiger charge is 2.65. The molecule has 6 rings (SSSR count). The van der Waals surface area contributed by atoms with Gasteiger partial charge in [0.2, 0.25) is 0 Å². The first-order valence-corrected chi connectivity index (χ1v) is 15.4. The Balaban J connectivity index is 1.32. The standard InChI is InChI=1S/C33H46N2O5/c1-18(34(5)6)23-13-14-24-22-11-12-26-29(40-19(2)36)28(35-30(38)20-9-7-8-10-21(20)31(35)39)27(37)17-33(26,4)25(22)15-16-32(23,24)3/h7-10,18,22-29,37H,11-17H2,1-6H3/t18-,22-,23+,24-,25-,26?,27+,28-,29+,32+,33+/m0/s1. The summed E-state index contributed by atoms with van der Waals surface area (Å²) in [5.74, 6) is 1.10. The largest absolute Gasteiger partial charge is 0.460 e. The van der Waals surface area contributed by atoms with Crippen LogP contribution in [0, 0.1) is 40.4 Å². The number of nitrogens with zero attached hydrogens (tertiary/aromatic N) is 2. The Bertz CT molecular complexity index is 1180. The Labute approximate surface area is 238 Å². The molecule has 40 heavy (non-hydrogen) atoms. The molecule has 1 unspecified atom stereocenters. The molecule has 0 spiro atoms. The molecule has 1 aromatic carbocycles. The van der Waals surface area contributed by atoms with Crippen LogP contribution in [-0.4, -0.2) is 71.1 Å². The molecule has 11 atom stereocenters. The van der Waals surface area contributed by atoms with Gasteiger partial charge in [0.05, 0.1) is 17.2 Å².